The predicted octanol–water partition coefficient (Wildman–Crippen LogP) is 3.09. The summed E-state index contributed by atoms with van der Waals surface area (Å²) < 4.78 is 0. The number of hydrogen-bond donors (Lipinski definition) is 2. The van der Waals surface area contributed by atoms with E-state index in [1.807, 2.05) is 65.6 Å². The number of aliphatic hydroxyl groups is 1. The number of nitrogens with one attached hydrogen (secondary N) is 1. The van der Waals surface area contributed by atoms with Gasteiger partial charge in [0.05, 0.1) is 30.4 Å². The van der Waals surface area contributed by atoms with Gasteiger partial charge in [-0.15, -0.1) is 0 Å². The van der Waals surface area contributed by atoms with E-state index in [1.54, 1.807) is 0 Å². The third-order valence-corrected chi connectivity index (χ3v) is 4.93. The van der Waals surface area contributed by atoms with Crippen LogP contribution in [-0.2, 0) is 17.9 Å². The van der Waals surface area contributed by atoms with E-state index in [2.05, 4.69) is 10.2 Å². The van der Waals surface area contributed by atoms with E-state index in [4.69, 9.17) is 0 Å². The lowest BCUT2D eigenvalue weighted by Crippen LogP contribution is -2.31. The lowest BCUT2D eigenvalue weighted by atomic mass is 9.94. The third-order valence-electron chi connectivity index (χ3n) is 4.93. The number of aromatic nitrogens is 2. The molecular formula is C21H21N3O2. The van der Waals surface area contributed by atoms with E-state index in [0.717, 1.165) is 28.1 Å². The van der Waals surface area contributed by atoms with E-state index in [1.165, 1.54) is 0 Å². The first-order valence-corrected chi connectivity index (χ1v) is 8.84. The Morgan fingerprint density at radius 3 is 2.46 bits per heavy atom. The highest BCUT2D eigenvalue weighted by Gasteiger charge is 2.32. The van der Waals surface area contributed by atoms with Crippen molar-refractivity contribution >= 4 is 5.91 Å². The third kappa shape index (κ3) is 3.02. The van der Waals surface area contributed by atoms with E-state index in [9.17, 15) is 9.90 Å². The Hall–Kier alpha value is -2.92. The molecule has 0 fully saturated rings. The maximum atomic E-state index is 13.1. The number of aromatic amines is 1. The van der Waals surface area contributed by atoms with Crippen molar-refractivity contribution in [3.05, 3.63) is 77.5 Å². The first-order chi connectivity index (χ1) is 12.8. The highest BCUT2D eigenvalue weighted by molar-refractivity contribution is 5.84. The van der Waals surface area contributed by atoms with Crippen LogP contribution in [0.25, 0.3) is 11.3 Å². The molecule has 0 saturated carbocycles. The van der Waals surface area contributed by atoms with Gasteiger partial charge in [0.25, 0.3) is 0 Å². The van der Waals surface area contributed by atoms with Gasteiger partial charge < -0.3 is 10.0 Å². The Morgan fingerprint density at radius 2 is 1.77 bits per heavy atom. The van der Waals surface area contributed by atoms with Gasteiger partial charge in [0.1, 0.15) is 0 Å². The lowest BCUT2D eigenvalue weighted by Gasteiger charge is -2.23. The minimum atomic E-state index is -0.321. The van der Waals surface area contributed by atoms with Crippen molar-refractivity contribution in [2.75, 3.05) is 6.61 Å². The number of hydrogen-bond acceptors (Lipinski definition) is 3. The second-order valence-corrected chi connectivity index (χ2v) is 6.57. The zero-order valence-corrected chi connectivity index (χ0v) is 14.4. The van der Waals surface area contributed by atoms with E-state index in [0.29, 0.717) is 19.5 Å². The minimum absolute atomic E-state index is 0.0126. The second-order valence-electron chi connectivity index (χ2n) is 6.57. The quantitative estimate of drug-likeness (QED) is 0.745. The topological polar surface area (TPSA) is 69.2 Å². The lowest BCUT2D eigenvalue weighted by molar-refractivity contribution is -0.133. The minimum Gasteiger partial charge on any atom is -0.396 e. The highest BCUT2D eigenvalue weighted by atomic mass is 16.3. The fourth-order valence-electron chi connectivity index (χ4n) is 3.60. The summed E-state index contributed by atoms with van der Waals surface area (Å²) in [5, 5.41) is 17.0. The Balaban J connectivity index is 1.57. The number of carbonyl (C=O) groups excluding carboxylic acids is 1. The SMILES string of the molecule is O=C(C(CCO)c1ccccc1)N1Cc2[nH]nc(-c3ccccc3)c2C1. The molecule has 0 radical (unpaired) electrons. The number of aliphatic hydroxyl groups excluding tert-OH is 1. The van der Waals surface area contributed by atoms with E-state index in [-0.39, 0.29) is 18.4 Å². The van der Waals surface area contributed by atoms with Gasteiger partial charge in [0.2, 0.25) is 5.91 Å². The van der Waals surface area contributed by atoms with Crippen molar-refractivity contribution in [2.24, 2.45) is 0 Å². The van der Waals surface area contributed by atoms with Gasteiger partial charge in [0.15, 0.2) is 0 Å². The van der Waals surface area contributed by atoms with Gasteiger partial charge in [-0.2, -0.15) is 5.10 Å². The maximum Gasteiger partial charge on any atom is 0.230 e. The van der Waals surface area contributed by atoms with Crippen LogP contribution in [0.5, 0.6) is 0 Å². The number of H-pyrrole nitrogens is 1. The van der Waals surface area contributed by atoms with Crippen LogP contribution in [-0.4, -0.2) is 32.7 Å². The summed E-state index contributed by atoms with van der Waals surface area (Å²) in [5.41, 5.74) is 4.99. The number of rotatable bonds is 5. The van der Waals surface area contributed by atoms with Crippen molar-refractivity contribution in [1.29, 1.82) is 0 Å². The molecule has 26 heavy (non-hydrogen) atoms. The molecule has 1 aliphatic rings. The zero-order chi connectivity index (χ0) is 17.9. The largest absolute Gasteiger partial charge is 0.396 e. The Labute approximate surface area is 152 Å². The van der Waals surface area contributed by atoms with Crippen molar-refractivity contribution in [2.45, 2.75) is 25.4 Å². The molecule has 0 aliphatic carbocycles. The molecule has 1 aromatic heterocycles. The number of carbonyl (C=O) groups is 1. The zero-order valence-electron chi connectivity index (χ0n) is 14.4. The molecule has 1 aliphatic heterocycles. The molecule has 2 N–H and O–H groups in total. The van der Waals surface area contributed by atoms with Crippen molar-refractivity contribution in [3.63, 3.8) is 0 Å². The first-order valence-electron chi connectivity index (χ1n) is 8.84. The van der Waals surface area contributed by atoms with E-state index >= 15 is 0 Å². The normalized spacial score (nSPS) is 14.3. The number of fused-ring (bicyclic) bond motifs is 1. The van der Waals surface area contributed by atoms with E-state index < -0.39 is 0 Å². The molecular weight excluding hydrogens is 326 g/mol. The van der Waals surface area contributed by atoms with Gasteiger partial charge >= 0.3 is 0 Å². The molecule has 1 unspecified atom stereocenters. The fraction of sp³-hybridized carbons (Fsp3) is 0.238. The molecule has 5 nitrogen and oxygen atoms in total. The van der Waals surface area contributed by atoms with Crippen LogP contribution >= 0.6 is 0 Å². The molecule has 132 valence electrons. The van der Waals surface area contributed by atoms with Crippen LogP contribution in [0.4, 0.5) is 0 Å². The summed E-state index contributed by atoms with van der Waals surface area (Å²) in [5.74, 6) is -0.271. The Morgan fingerprint density at radius 1 is 1.08 bits per heavy atom. The summed E-state index contributed by atoms with van der Waals surface area (Å²) in [7, 11) is 0. The number of amides is 1. The molecule has 4 rings (SSSR count). The predicted molar refractivity (Wildman–Crippen MR) is 99.2 cm³/mol. The van der Waals surface area contributed by atoms with Gasteiger partial charge in [0, 0.05) is 17.7 Å². The van der Waals surface area contributed by atoms with Crippen LogP contribution in [0.3, 0.4) is 0 Å². The molecule has 2 heterocycles. The summed E-state index contributed by atoms with van der Waals surface area (Å²) in [6.07, 6.45) is 0.428. The Bertz CT molecular complexity index is 890. The average Bonchev–Trinajstić information content (AvgIpc) is 3.28. The molecule has 1 amide bonds. The summed E-state index contributed by atoms with van der Waals surface area (Å²) in [6.45, 7) is 1.06. The molecule has 2 aromatic carbocycles. The highest BCUT2D eigenvalue weighted by Crippen LogP contribution is 2.33. The van der Waals surface area contributed by atoms with Crippen molar-refractivity contribution in [1.82, 2.24) is 15.1 Å². The molecule has 3 aromatic rings. The standard InChI is InChI=1S/C21H21N3O2/c25-12-11-17(15-7-3-1-4-8-15)21(26)24-13-18-19(14-24)22-23-20(18)16-9-5-2-6-10-16/h1-10,17,25H,11-14H2,(H,22,23). The molecule has 1 atom stereocenters. The van der Waals surface area contributed by atoms with Gasteiger partial charge in [-0.1, -0.05) is 60.7 Å². The van der Waals surface area contributed by atoms with Gasteiger partial charge in [-0.25, -0.2) is 0 Å². The number of benzene rings is 2. The fourth-order valence-corrected chi connectivity index (χ4v) is 3.60. The van der Waals surface area contributed by atoms with Crippen LogP contribution in [0.2, 0.25) is 0 Å². The summed E-state index contributed by atoms with van der Waals surface area (Å²) in [6, 6.07) is 19.7. The Kier molecular flexibility index (Phi) is 4.54. The smallest absolute Gasteiger partial charge is 0.230 e. The average molecular weight is 347 g/mol. The van der Waals surface area contributed by atoms with Crippen LogP contribution in [0.15, 0.2) is 60.7 Å². The molecule has 5 heteroatoms. The molecule has 0 bridgehead atoms. The van der Waals surface area contributed by atoms with Crippen molar-refractivity contribution < 1.29 is 9.90 Å². The van der Waals surface area contributed by atoms with Gasteiger partial charge in [-0.05, 0) is 12.0 Å². The molecule has 0 spiro atoms. The maximum absolute atomic E-state index is 13.1. The first kappa shape index (κ1) is 16.5. The summed E-state index contributed by atoms with van der Waals surface area (Å²) in [4.78, 5) is 15.0. The molecule has 0 saturated heterocycles. The van der Waals surface area contributed by atoms with Crippen LogP contribution in [0, 0.1) is 0 Å². The van der Waals surface area contributed by atoms with Crippen molar-refractivity contribution in [3.8, 4) is 11.3 Å². The summed E-state index contributed by atoms with van der Waals surface area (Å²) >= 11 is 0. The monoisotopic (exact) mass is 347 g/mol. The van der Waals surface area contributed by atoms with Gasteiger partial charge in [-0.3, -0.25) is 9.89 Å². The number of nitrogens with zero attached hydrogens (tertiary/aromatic N) is 2. The van der Waals surface area contributed by atoms with Crippen LogP contribution < -0.4 is 0 Å². The van der Waals surface area contributed by atoms with Crippen LogP contribution in [0.1, 0.15) is 29.2 Å². The second kappa shape index (κ2) is 7.14.